The molecule has 0 spiro atoms. The molecule has 0 saturated heterocycles. The van der Waals surface area contributed by atoms with Crippen molar-refractivity contribution in [1.29, 1.82) is 0 Å². The topological polar surface area (TPSA) is 88.0 Å². The van der Waals surface area contributed by atoms with E-state index in [-0.39, 0.29) is 19.1 Å². The van der Waals surface area contributed by atoms with Gasteiger partial charge in [0, 0.05) is 25.9 Å². The summed E-state index contributed by atoms with van der Waals surface area (Å²) in [6.45, 7) is 0.122. The number of methoxy groups -OCH3 is 1. The second-order valence-electron chi connectivity index (χ2n) is 9.10. The van der Waals surface area contributed by atoms with Crippen molar-refractivity contribution in [3.63, 3.8) is 0 Å². The van der Waals surface area contributed by atoms with Gasteiger partial charge in [-0.1, -0.05) is 72.8 Å². The summed E-state index contributed by atoms with van der Waals surface area (Å²) in [6, 6.07) is 24.7. The molecule has 0 heterocycles. The number of amides is 1. The highest BCUT2D eigenvalue weighted by molar-refractivity contribution is 5.80. The highest BCUT2D eigenvalue weighted by Gasteiger charge is 2.34. The van der Waals surface area contributed by atoms with Crippen LogP contribution in [0.4, 0.5) is 0 Å². The number of carbonyl (C=O) groups excluding carboxylic acids is 1. The normalized spacial score (nSPS) is 18.5. The lowest BCUT2D eigenvalue weighted by atomic mass is 9.90. The van der Waals surface area contributed by atoms with E-state index in [1.807, 2.05) is 78.9 Å². The Labute approximate surface area is 206 Å². The van der Waals surface area contributed by atoms with E-state index >= 15 is 0 Å². The van der Waals surface area contributed by atoms with Gasteiger partial charge < -0.3 is 25.0 Å². The second kappa shape index (κ2) is 12.0. The fourth-order valence-corrected chi connectivity index (χ4v) is 4.80. The van der Waals surface area contributed by atoms with Crippen LogP contribution in [0.25, 0.3) is 0 Å². The lowest BCUT2D eigenvalue weighted by molar-refractivity contribution is -0.127. The number of para-hydroxylation sites is 1. The van der Waals surface area contributed by atoms with E-state index in [0.717, 1.165) is 22.3 Å². The molecular formula is C29H33NO5. The van der Waals surface area contributed by atoms with Crippen molar-refractivity contribution >= 4 is 5.91 Å². The molecule has 35 heavy (non-hydrogen) atoms. The van der Waals surface area contributed by atoms with E-state index in [4.69, 9.17) is 9.47 Å². The maximum atomic E-state index is 13.5. The number of aliphatic hydroxyl groups excluding tert-OH is 2. The van der Waals surface area contributed by atoms with E-state index in [0.29, 0.717) is 25.0 Å². The summed E-state index contributed by atoms with van der Waals surface area (Å²) >= 11 is 0. The van der Waals surface area contributed by atoms with Crippen LogP contribution in [0, 0.1) is 5.92 Å². The molecule has 3 N–H and O–H groups in total. The summed E-state index contributed by atoms with van der Waals surface area (Å²) in [7, 11) is 1.56. The number of hydrogen-bond acceptors (Lipinski definition) is 5. The fourth-order valence-electron chi connectivity index (χ4n) is 4.80. The first-order chi connectivity index (χ1) is 17.0. The van der Waals surface area contributed by atoms with Crippen LogP contribution < -0.4 is 10.1 Å². The molecule has 0 saturated carbocycles. The van der Waals surface area contributed by atoms with E-state index in [9.17, 15) is 15.0 Å². The highest BCUT2D eigenvalue weighted by atomic mass is 16.7. The number of fused-ring (bicyclic) bond motifs is 1. The zero-order chi connectivity index (χ0) is 24.6. The Hall–Kier alpha value is -3.19. The number of benzene rings is 3. The van der Waals surface area contributed by atoms with Crippen molar-refractivity contribution in [2.24, 2.45) is 5.92 Å². The number of rotatable bonds is 11. The van der Waals surface area contributed by atoms with Gasteiger partial charge in [-0.05, 0) is 41.2 Å². The van der Waals surface area contributed by atoms with Crippen molar-refractivity contribution < 1.29 is 24.5 Å². The van der Waals surface area contributed by atoms with E-state index in [1.54, 1.807) is 7.11 Å². The van der Waals surface area contributed by atoms with Crippen LogP contribution in [0.2, 0.25) is 0 Å². The SMILES string of the molecule is COCOc1ccccc1C[C@@H](O)C[C@@H](Cc1ccccc1)C(=O)NC1c2ccccc2C[C@H]1O. The van der Waals surface area contributed by atoms with Crippen LogP contribution in [0.5, 0.6) is 5.75 Å². The minimum absolute atomic E-state index is 0.122. The molecule has 3 aromatic carbocycles. The van der Waals surface area contributed by atoms with Gasteiger partial charge in [0.25, 0.3) is 0 Å². The smallest absolute Gasteiger partial charge is 0.224 e. The van der Waals surface area contributed by atoms with E-state index in [1.165, 1.54) is 0 Å². The third-order valence-electron chi connectivity index (χ3n) is 6.51. The first kappa shape index (κ1) is 24.9. The molecule has 4 rings (SSSR count). The summed E-state index contributed by atoms with van der Waals surface area (Å²) < 4.78 is 10.6. The van der Waals surface area contributed by atoms with Gasteiger partial charge in [-0.15, -0.1) is 0 Å². The molecule has 6 heteroatoms. The predicted octanol–water partition coefficient (Wildman–Crippen LogP) is 3.60. The first-order valence-electron chi connectivity index (χ1n) is 12.0. The summed E-state index contributed by atoms with van der Waals surface area (Å²) in [6.07, 6.45) is 0.240. The molecule has 1 aliphatic carbocycles. The molecule has 184 valence electrons. The first-order valence-corrected chi connectivity index (χ1v) is 12.0. The van der Waals surface area contributed by atoms with Gasteiger partial charge in [-0.25, -0.2) is 0 Å². The van der Waals surface area contributed by atoms with E-state index in [2.05, 4.69) is 5.32 Å². The third-order valence-corrected chi connectivity index (χ3v) is 6.51. The Morgan fingerprint density at radius 2 is 1.71 bits per heavy atom. The van der Waals surface area contributed by atoms with Gasteiger partial charge >= 0.3 is 0 Å². The molecule has 6 nitrogen and oxygen atoms in total. The van der Waals surface area contributed by atoms with Gasteiger partial charge in [0.2, 0.25) is 5.91 Å². The summed E-state index contributed by atoms with van der Waals surface area (Å²) in [4.78, 5) is 13.5. The molecule has 0 aliphatic heterocycles. The van der Waals surface area contributed by atoms with Gasteiger partial charge in [-0.3, -0.25) is 4.79 Å². The second-order valence-corrected chi connectivity index (χ2v) is 9.10. The Morgan fingerprint density at radius 1 is 1.00 bits per heavy atom. The van der Waals surface area contributed by atoms with Crippen LogP contribution in [0.15, 0.2) is 78.9 Å². The molecule has 1 aliphatic rings. The Balaban J connectivity index is 1.48. The van der Waals surface area contributed by atoms with Gasteiger partial charge in [0.05, 0.1) is 18.2 Å². The monoisotopic (exact) mass is 475 g/mol. The van der Waals surface area contributed by atoms with Gasteiger partial charge in [-0.2, -0.15) is 0 Å². The largest absolute Gasteiger partial charge is 0.467 e. The zero-order valence-electron chi connectivity index (χ0n) is 20.0. The van der Waals surface area contributed by atoms with Crippen LogP contribution in [-0.2, 0) is 28.8 Å². The van der Waals surface area contributed by atoms with Crippen LogP contribution in [-0.4, -0.2) is 42.2 Å². The van der Waals surface area contributed by atoms with Crippen molar-refractivity contribution in [3.8, 4) is 5.75 Å². The van der Waals surface area contributed by atoms with Crippen molar-refractivity contribution in [1.82, 2.24) is 5.32 Å². The van der Waals surface area contributed by atoms with Crippen LogP contribution in [0.1, 0.15) is 34.7 Å². The van der Waals surface area contributed by atoms with E-state index < -0.39 is 24.2 Å². The molecule has 1 unspecified atom stereocenters. The molecule has 0 radical (unpaired) electrons. The molecule has 0 fully saturated rings. The number of aliphatic hydroxyl groups is 2. The summed E-state index contributed by atoms with van der Waals surface area (Å²) in [5.41, 5.74) is 3.89. The predicted molar refractivity (Wildman–Crippen MR) is 134 cm³/mol. The summed E-state index contributed by atoms with van der Waals surface area (Å²) in [5.74, 6) is 0.0279. The van der Waals surface area contributed by atoms with Crippen LogP contribution >= 0.6 is 0 Å². The lowest BCUT2D eigenvalue weighted by Gasteiger charge is -2.25. The number of carbonyl (C=O) groups is 1. The third kappa shape index (κ3) is 6.48. The molecule has 0 aromatic heterocycles. The fraction of sp³-hybridized carbons (Fsp3) is 0.345. The van der Waals surface area contributed by atoms with Crippen LogP contribution in [0.3, 0.4) is 0 Å². The van der Waals surface area contributed by atoms with Crippen molar-refractivity contribution in [2.75, 3.05) is 13.9 Å². The molecule has 3 aromatic rings. The molecule has 0 bridgehead atoms. The maximum Gasteiger partial charge on any atom is 0.224 e. The molecule has 1 amide bonds. The average Bonchev–Trinajstić information content (AvgIpc) is 3.18. The molecular weight excluding hydrogens is 442 g/mol. The van der Waals surface area contributed by atoms with Crippen molar-refractivity contribution in [2.45, 2.75) is 43.9 Å². The Morgan fingerprint density at radius 3 is 2.51 bits per heavy atom. The van der Waals surface area contributed by atoms with Crippen molar-refractivity contribution in [3.05, 3.63) is 101 Å². The quantitative estimate of drug-likeness (QED) is 0.369. The zero-order valence-corrected chi connectivity index (χ0v) is 20.0. The van der Waals surface area contributed by atoms with Gasteiger partial charge in [0.1, 0.15) is 5.75 Å². The Bertz CT molecular complexity index is 1100. The van der Waals surface area contributed by atoms with Gasteiger partial charge in [0.15, 0.2) is 6.79 Å². The average molecular weight is 476 g/mol. The molecule has 4 atom stereocenters. The minimum atomic E-state index is -0.748. The number of hydrogen-bond donors (Lipinski definition) is 3. The summed E-state index contributed by atoms with van der Waals surface area (Å²) in [5, 5.41) is 24.7. The minimum Gasteiger partial charge on any atom is -0.467 e. The standard InChI is InChI=1S/C29H33NO5/c1-34-19-35-27-14-8-6-12-22(27)16-24(31)17-23(15-20-9-3-2-4-10-20)29(33)30-28-25-13-7-5-11-21(25)18-26(28)32/h2-14,23-24,26,28,31-32H,15-19H2,1H3,(H,30,33)/t23-,24-,26-,28?/m1/s1. The highest BCUT2D eigenvalue weighted by Crippen LogP contribution is 2.32. The lowest BCUT2D eigenvalue weighted by Crippen LogP contribution is -2.39. The number of nitrogens with one attached hydrogen (secondary N) is 1. The number of ether oxygens (including phenoxy) is 2. The Kier molecular flexibility index (Phi) is 8.53. The maximum absolute atomic E-state index is 13.5.